The highest BCUT2D eigenvalue weighted by atomic mass is 16.6. The summed E-state index contributed by atoms with van der Waals surface area (Å²) >= 11 is 0. The Bertz CT molecular complexity index is 473. The van der Waals surface area contributed by atoms with E-state index < -0.39 is 11.7 Å². The van der Waals surface area contributed by atoms with Crippen molar-refractivity contribution < 1.29 is 19.1 Å². The summed E-state index contributed by atoms with van der Waals surface area (Å²) in [5.41, 5.74) is -0.556. The highest BCUT2D eigenvalue weighted by Crippen LogP contribution is 2.27. The van der Waals surface area contributed by atoms with E-state index in [-0.39, 0.29) is 30.4 Å². The van der Waals surface area contributed by atoms with Gasteiger partial charge in [-0.05, 0) is 46.5 Å². The van der Waals surface area contributed by atoms with E-state index in [1.165, 1.54) is 6.92 Å². The van der Waals surface area contributed by atoms with Gasteiger partial charge >= 0.3 is 6.09 Å². The zero-order valence-electron chi connectivity index (χ0n) is 15.6. The third kappa shape index (κ3) is 6.37. The van der Waals surface area contributed by atoms with Crippen molar-refractivity contribution in [3.05, 3.63) is 0 Å². The number of ether oxygens (including phenoxy) is 1. The van der Waals surface area contributed by atoms with Crippen LogP contribution in [0.25, 0.3) is 0 Å². The number of piperidine rings is 1. The number of alkyl carbamates (subject to hydrolysis) is 1. The van der Waals surface area contributed by atoms with E-state index in [4.69, 9.17) is 4.74 Å². The molecule has 1 heterocycles. The molecule has 0 spiro atoms. The third-order valence-corrected chi connectivity index (χ3v) is 4.27. The Kier molecular flexibility index (Phi) is 7.05. The molecule has 138 valence electrons. The predicted octanol–water partition coefficient (Wildman–Crippen LogP) is 1.66. The quantitative estimate of drug-likeness (QED) is 0.814. The maximum atomic E-state index is 12.5. The number of amides is 3. The molecule has 1 aliphatic rings. The van der Waals surface area contributed by atoms with E-state index in [0.29, 0.717) is 12.5 Å². The normalized spacial score (nSPS) is 24.2. The maximum Gasteiger partial charge on any atom is 0.407 e. The van der Waals surface area contributed by atoms with Crippen LogP contribution in [0.4, 0.5) is 4.79 Å². The van der Waals surface area contributed by atoms with E-state index >= 15 is 0 Å². The van der Waals surface area contributed by atoms with Crippen molar-refractivity contribution in [2.24, 2.45) is 5.92 Å². The first-order valence-corrected chi connectivity index (χ1v) is 8.53. The van der Waals surface area contributed by atoms with Gasteiger partial charge in [-0.1, -0.05) is 6.92 Å². The van der Waals surface area contributed by atoms with Gasteiger partial charge in [0.05, 0.1) is 6.54 Å². The lowest BCUT2D eigenvalue weighted by Crippen LogP contribution is -2.57. The van der Waals surface area contributed by atoms with Gasteiger partial charge in [-0.25, -0.2) is 4.79 Å². The lowest BCUT2D eigenvalue weighted by Gasteiger charge is -2.44. The first-order valence-electron chi connectivity index (χ1n) is 8.53. The van der Waals surface area contributed by atoms with Gasteiger partial charge in [0, 0.05) is 25.6 Å². The molecule has 1 rings (SSSR count). The van der Waals surface area contributed by atoms with Gasteiger partial charge in [-0.2, -0.15) is 0 Å². The molecule has 2 N–H and O–H groups in total. The molecule has 3 atom stereocenters. The van der Waals surface area contributed by atoms with Crippen LogP contribution in [0, 0.1) is 5.92 Å². The third-order valence-electron chi connectivity index (χ3n) is 4.27. The number of carbonyl (C=O) groups excluding carboxylic acids is 3. The summed E-state index contributed by atoms with van der Waals surface area (Å²) in [7, 11) is 0. The van der Waals surface area contributed by atoms with Gasteiger partial charge in [0.25, 0.3) is 0 Å². The molecule has 0 bridgehead atoms. The molecule has 3 amide bonds. The first-order chi connectivity index (χ1) is 11.0. The van der Waals surface area contributed by atoms with Crippen LogP contribution in [-0.2, 0) is 14.3 Å². The number of hydrogen-bond donors (Lipinski definition) is 2. The molecule has 0 aromatic carbocycles. The fourth-order valence-corrected chi connectivity index (χ4v) is 2.88. The average Bonchev–Trinajstić information content (AvgIpc) is 2.44. The summed E-state index contributed by atoms with van der Waals surface area (Å²) in [4.78, 5) is 37.2. The summed E-state index contributed by atoms with van der Waals surface area (Å²) in [6, 6.07) is -0.0320. The molecule has 24 heavy (non-hydrogen) atoms. The van der Waals surface area contributed by atoms with E-state index in [1.807, 2.05) is 6.92 Å². The minimum absolute atomic E-state index is 0.0185. The topological polar surface area (TPSA) is 87.7 Å². The zero-order valence-corrected chi connectivity index (χ0v) is 15.6. The lowest BCUT2D eigenvalue weighted by atomic mass is 9.87. The first kappa shape index (κ1) is 20.3. The standard InChI is InChI=1S/C17H31N3O4/c1-11-7-8-14(9-19-16(23)24-17(4,5)6)20(12(11)2)15(22)10-18-13(3)21/h11-12,14H,7-10H2,1-6H3,(H,18,21)(H,19,23). The SMILES string of the molecule is CC(=O)NCC(=O)N1C(CNC(=O)OC(C)(C)C)CCC(C)C1C. The Hall–Kier alpha value is -1.79. The number of nitrogens with zero attached hydrogens (tertiary/aromatic N) is 1. The molecule has 0 aromatic heterocycles. The Morgan fingerprint density at radius 3 is 2.29 bits per heavy atom. The maximum absolute atomic E-state index is 12.5. The van der Waals surface area contributed by atoms with Crippen LogP contribution >= 0.6 is 0 Å². The molecule has 1 saturated heterocycles. The minimum atomic E-state index is -0.556. The van der Waals surface area contributed by atoms with Crippen LogP contribution in [-0.4, -0.2) is 53.6 Å². The van der Waals surface area contributed by atoms with Gasteiger partial charge in [-0.15, -0.1) is 0 Å². The van der Waals surface area contributed by atoms with Crippen molar-refractivity contribution in [2.45, 2.75) is 72.1 Å². The fraction of sp³-hybridized carbons (Fsp3) is 0.824. The molecule has 3 unspecified atom stereocenters. The Labute approximate surface area is 144 Å². The second kappa shape index (κ2) is 8.35. The van der Waals surface area contributed by atoms with Gasteiger partial charge in [0.2, 0.25) is 11.8 Å². The molecule has 0 aliphatic carbocycles. The number of rotatable bonds is 4. The van der Waals surface area contributed by atoms with Crippen molar-refractivity contribution in [1.29, 1.82) is 0 Å². The Balaban J connectivity index is 2.69. The smallest absolute Gasteiger partial charge is 0.407 e. The van der Waals surface area contributed by atoms with Crippen molar-refractivity contribution in [3.63, 3.8) is 0 Å². The second-order valence-corrected chi connectivity index (χ2v) is 7.54. The van der Waals surface area contributed by atoms with E-state index in [0.717, 1.165) is 12.8 Å². The highest BCUT2D eigenvalue weighted by Gasteiger charge is 2.35. The highest BCUT2D eigenvalue weighted by molar-refractivity contribution is 5.84. The summed E-state index contributed by atoms with van der Waals surface area (Å²) < 4.78 is 5.24. The van der Waals surface area contributed by atoms with Crippen molar-refractivity contribution in [1.82, 2.24) is 15.5 Å². The molecule has 0 aromatic rings. The molecule has 1 fully saturated rings. The van der Waals surface area contributed by atoms with Crippen LogP contribution in [0.5, 0.6) is 0 Å². The number of hydrogen-bond acceptors (Lipinski definition) is 4. The van der Waals surface area contributed by atoms with Crippen molar-refractivity contribution in [2.75, 3.05) is 13.1 Å². The molecule has 0 radical (unpaired) electrons. The van der Waals surface area contributed by atoms with Crippen molar-refractivity contribution >= 4 is 17.9 Å². The molecular formula is C17H31N3O4. The minimum Gasteiger partial charge on any atom is -0.444 e. The molecular weight excluding hydrogens is 310 g/mol. The van der Waals surface area contributed by atoms with Crippen molar-refractivity contribution in [3.8, 4) is 0 Å². The number of nitrogens with one attached hydrogen (secondary N) is 2. The van der Waals surface area contributed by atoms with Gasteiger partial charge in [0.15, 0.2) is 0 Å². The van der Waals surface area contributed by atoms with Gasteiger partial charge < -0.3 is 20.3 Å². The van der Waals surface area contributed by atoms with E-state index in [2.05, 4.69) is 17.6 Å². The molecule has 7 nitrogen and oxygen atoms in total. The van der Waals surface area contributed by atoms with Crippen LogP contribution in [0.15, 0.2) is 0 Å². The number of carbonyl (C=O) groups is 3. The van der Waals surface area contributed by atoms with E-state index in [1.54, 1.807) is 25.7 Å². The number of likely N-dealkylation sites (tertiary alicyclic amines) is 1. The van der Waals surface area contributed by atoms with Gasteiger partial charge in [0.1, 0.15) is 5.60 Å². The van der Waals surface area contributed by atoms with Gasteiger partial charge in [-0.3, -0.25) is 9.59 Å². The average molecular weight is 341 g/mol. The largest absolute Gasteiger partial charge is 0.444 e. The van der Waals surface area contributed by atoms with Crippen LogP contribution in [0.1, 0.15) is 54.4 Å². The Morgan fingerprint density at radius 1 is 1.12 bits per heavy atom. The van der Waals surface area contributed by atoms with Crippen LogP contribution < -0.4 is 10.6 Å². The van der Waals surface area contributed by atoms with Crippen LogP contribution in [0.2, 0.25) is 0 Å². The molecule has 7 heteroatoms. The summed E-state index contributed by atoms with van der Waals surface area (Å²) in [5, 5.41) is 5.30. The Morgan fingerprint density at radius 2 is 1.75 bits per heavy atom. The second-order valence-electron chi connectivity index (χ2n) is 7.54. The zero-order chi connectivity index (χ0) is 18.5. The fourth-order valence-electron chi connectivity index (χ4n) is 2.88. The molecule has 1 aliphatic heterocycles. The summed E-state index contributed by atoms with van der Waals surface area (Å²) in [6.45, 7) is 11.3. The summed E-state index contributed by atoms with van der Waals surface area (Å²) in [5.74, 6) is 0.0220. The summed E-state index contributed by atoms with van der Waals surface area (Å²) in [6.07, 6.45) is 1.32. The van der Waals surface area contributed by atoms with E-state index in [9.17, 15) is 14.4 Å². The predicted molar refractivity (Wildman–Crippen MR) is 91.4 cm³/mol. The lowest BCUT2D eigenvalue weighted by molar-refractivity contribution is -0.139. The van der Waals surface area contributed by atoms with Crippen LogP contribution in [0.3, 0.4) is 0 Å². The molecule has 0 saturated carbocycles. The monoisotopic (exact) mass is 341 g/mol.